The monoisotopic (exact) mass is 286 g/mol. The highest BCUT2D eigenvalue weighted by Gasteiger charge is 2.22. The zero-order valence-corrected chi connectivity index (χ0v) is 12.6. The Bertz CT molecular complexity index is 550. The smallest absolute Gasteiger partial charge is 0.143 e. The van der Waals surface area contributed by atoms with Crippen LogP contribution >= 0.6 is 0 Å². The van der Waals surface area contributed by atoms with Gasteiger partial charge >= 0.3 is 0 Å². The molecular weight excluding hydrogens is 264 g/mol. The third-order valence-corrected chi connectivity index (χ3v) is 4.24. The average molecular weight is 286 g/mol. The maximum atomic E-state index is 3.89. The molecule has 1 saturated heterocycles. The molecule has 1 fully saturated rings. The summed E-state index contributed by atoms with van der Waals surface area (Å²) in [5.74, 6) is 0.711. The highest BCUT2D eigenvalue weighted by Crippen LogP contribution is 2.22. The standard InChI is InChI=1S/C15H22N6/c1-12(13-4-3-9-20(2)10-13)17-14-5-7-15(8-6-14)21-11-16-18-19-21/h5-8,11-13,17H,3-4,9-10H2,1-2H3. The third-order valence-electron chi connectivity index (χ3n) is 4.24. The molecule has 0 radical (unpaired) electrons. The Kier molecular flexibility index (Phi) is 4.15. The molecular formula is C15H22N6. The van der Waals surface area contributed by atoms with Gasteiger partial charge in [-0.1, -0.05) is 0 Å². The molecule has 1 aliphatic heterocycles. The highest BCUT2D eigenvalue weighted by molar-refractivity contribution is 5.49. The van der Waals surface area contributed by atoms with E-state index in [9.17, 15) is 0 Å². The number of benzene rings is 1. The topological polar surface area (TPSA) is 58.9 Å². The molecule has 2 aromatic rings. The van der Waals surface area contributed by atoms with Gasteiger partial charge < -0.3 is 10.2 Å². The van der Waals surface area contributed by atoms with E-state index in [2.05, 4.69) is 51.8 Å². The van der Waals surface area contributed by atoms with Gasteiger partial charge in [-0.3, -0.25) is 0 Å². The van der Waals surface area contributed by atoms with Crippen molar-refractivity contribution in [3.8, 4) is 5.69 Å². The van der Waals surface area contributed by atoms with E-state index in [4.69, 9.17) is 0 Å². The van der Waals surface area contributed by atoms with E-state index in [0.717, 1.165) is 11.4 Å². The van der Waals surface area contributed by atoms with Gasteiger partial charge in [-0.2, -0.15) is 0 Å². The van der Waals surface area contributed by atoms with Crippen molar-refractivity contribution in [3.05, 3.63) is 30.6 Å². The number of hydrogen-bond donors (Lipinski definition) is 1. The molecule has 6 nitrogen and oxygen atoms in total. The van der Waals surface area contributed by atoms with Gasteiger partial charge in [0.1, 0.15) is 6.33 Å². The van der Waals surface area contributed by atoms with Crippen molar-refractivity contribution in [2.45, 2.75) is 25.8 Å². The maximum absolute atomic E-state index is 3.89. The molecule has 0 saturated carbocycles. The van der Waals surface area contributed by atoms with Crippen molar-refractivity contribution in [1.29, 1.82) is 0 Å². The zero-order valence-electron chi connectivity index (χ0n) is 12.6. The predicted octanol–water partition coefficient (Wildman–Crippen LogP) is 1.80. The minimum absolute atomic E-state index is 0.478. The first kappa shape index (κ1) is 14.0. The van der Waals surface area contributed by atoms with Crippen LogP contribution in [0.4, 0.5) is 5.69 Å². The first-order valence-corrected chi connectivity index (χ1v) is 7.51. The van der Waals surface area contributed by atoms with Crippen molar-refractivity contribution < 1.29 is 0 Å². The summed E-state index contributed by atoms with van der Waals surface area (Å²) in [6.07, 6.45) is 4.20. The molecule has 1 aromatic heterocycles. The molecule has 3 rings (SSSR count). The molecule has 2 heterocycles. The first-order chi connectivity index (χ1) is 10.2. The fourth-order valence-electron chi connectivity index (χ4n) is 2.99. The molecule has 0 aliphatic carbocycles. The number of piperidine rings is 1. The van der Waals surface area contributed by atoms with Crippen molar-refractivity contribution in [2.24, 2.45) is 5.92 Å². The zero-order chi connectivity index (χ0) is 14.7. The van der Waals surface area contributed by atoms with Crippen LogP contribution in [-0.4, -0.2) is 51.3 Å². The molecule has 1 aliphatic rings. The van der Waals surface area contributed by atoms with E-state index in [1.807, 2.05) is 12.1 Å². The molecule has 1 aromatic carbocycles. The van der Waals surface area contributed by atoms with Gasteiger partial charge in [0.2, 0.25) is 0 Å². The Balaban J connectivity index is 1.62. The Labute approximate surface area is 125 Å². The van der Waals surface area contributed by atoms with E-state index < -0.39 is 0 Å². The molecule has 0 amide bonds. The number of nitrogens with zero attached hydrogens (tertiary/aromatic N) is 5. The van der Waals surface area contributed by atoms with Crippen LogP contribution in [0.1, 0.15) is 19.8 Å². The van der Waals surface area contributed by atoms with Crippen LogP contribution in [0.15, 0.2) is 30.6 Å². The number of rotatable bonds is 4. The van der Waals surface area contributed by atoms with Gasteiger partial charge in [0.25, 0.3) is 0 Å². The van der Waals surface area contributed by atoms with Crippen molar-refractivity contribution in [1.82, 2.24) is 25.1 Å². The maximum Gasteiger partial charge on any atom is 0.143 e. The highest BCUT2D eigenvalue weighted by atomic mass is 15.5. The second-order valence-corrected chi connectivity index (χ2v) is 5.90. The lowest BCUT2D eigenvalue weighted by Gasteiger charge is -2.34. The number of anilines is 1. The van der Waals surface area contributed by atoms with Crippen molar-refractivity contribution >= 4 is 5.69 Å². The Morgan fingerprint density at radius 3 is 2.76 bits per heavy atom. The van der Waals surface area contributed by atoms with Crippen molar-refractivity contribution in [3.63, 3.8) is 0 Å². The van der Waals surface area contributed by atoms with Gasteiger partial charge in [0.05, 0.1) is 5.69 Å². The summed E-state index contributed by atoms with van der Waals surface area (Å²) in [5.41, 5.74) is 2.11. The molecule has 21 heavy (non-hydrogen) atoms. The summed E-state index contributed by atoms with van der Waals surface area (Å²) >= 11 is 0. The van der Waals surface area contributed by atoms with Crippen LogP contribution in [0.5, 0.6) is 0 Å². The van der Waals surface area contributed by atoms with Gasteiger partial charge in [-0.25, -0.2) is 4.68 Å². The van der Waals surface area contributed by atoms with Gasteiger partial charge in [0.15, 0.2) is 0 Å². The van der Waals surface area contributed by atoms with Crippen LogP contribution in [0.3, 0.4) is 0 Å². The minimum Gasteiger partial charge on any atom is -0.382 e. The third kappa shape index (κ3) is 3.39. The largest absolute Gasteiger partial charge is 0.382 e. The predicted molar refractivity (Wildman–Crippen MR) is 82.5 cm³/mol. The summed E-state index contributed by atoms with van der Waals surface area (Å²) in [7, 11) is 2.21. The fourth-order valence-corrected chi connectivity index (χ4v) is 2.99. The SMILES string of the molecule is CC(Nc1ccc(-n2cnnn2)cc1)C1CCCN(C)C1. The van der Waals surface area contributed by atoms with Crippen LogP contribution in [0.25, 0.3) is 5.69 Å². The van der Waals surface area contributed by atoms with Crippen LogP contribution < -0.4 is 5.32 Å². The lowest BCUT2D eigenvalue weighted by molar-refractivity contribution is 0.197. The quantitative estimate of drug-likeness (QED) is 0.929. The molecule has 0 bridgehead atoms. The van der Waals surface area contributed by atoms with E-state index in [-0.39, 0.29) is 0 Å². The van der Waals surface area contributed by atoms with Crippen LogP contribution in [0, 0.1) is 5.92 Å². The molecule has 2 unspecified atom stereocenters. The van der Waals surface area contributed by atoms with Gasteiger partial charge in [0, 0.05) is 18.3 Å². The minimum atomic E-state index is 0.478. The number of likely N-dealkylation sites (tertiary alicyclic amines) is 1. The van der Waals surface area contributed by atoms with Gasteiger partial charge in [-0.05, 0) is 74.0 Å². The summed E-state index contributed by atoms with van der Waals surface area (Å²) in [6, 6.07) is 8.70. The van der Waals surface area contributed by atoms with Crippen molar-refractivity contribution in [2.75, 3.05) is 25.5 Å². The number of nitrogens with one attached hydrogen (secondary N) is 1. The van der Waals surface area contributed by atoms with Crippen LogP contribution in [0.2, 0.25) is 0 Å². The number of aromatic nitrogens is 4. The normalized spacial score (nSPS) is 21.1. The van der Waals surface area contributed by atoms with E-state index in [0.29, 0.717) is 12.0 Å². The number of tetrazole rings is 1. The first-order valence-electron chi connectivity index (χ1n) is 7.51. The average Bonchev–Trinajstić information content (AvgIpc) is 3.02. The fraction of sp³-hybridized carbons (Fsp3) is 0.533. The second-order valence-electron chi connectivity index (χ2n) is 5.90. The second kappa shape index (κ2) is 6.22. The summed E-state index contributed by atoms with van der Waals surface area (Å²) in [4.78, 5) is 2.42. The molecule has 1 N–H and O–H groups in total. The lowest BCUT2D eigenvalue weighted by Crippen LogP contribution is -2.39. The summed E-state index contributed by atoms with van der Waals surface area (Å²) in [6.45, 7) is 4.68. The Morgan fingerprint density at radius 2 is 2.10 bits per heavy atom. The number of hydrogen-bond acceptors (Lipinski definition) is 5. The van der Waals surface area contributed by atoms with Gasteiger partial charge in [-0.15, -0.1) is 5.10 Å². The van der Waals surface area contributed by atoms with Crippen LogP contribution in [-0.2, 0) is 0 Å². The molecule has 0 spiro atoms. The van der Waals surface area contributed by atoms with E-state index >= 15 is 0 Å². The summed E-state index contributed by atoms with van der Waals surface area (Å²) in [5, 5.41) is 14.8. The lowest BCUT2D eigenvalue weighted by atomic mass is 9.92. The molecule has 2 atom stereocenters. The molecule has 112 valence electrons. The molecule has 6 heteroatoms. The summed E-state index contributed by atoms with van der Waals surface area (Å²) < 4.78 is 1.66. The Hall–Kier alpha value is -1.95. The van der Waals surface area contributed by atoms with E-state index in [1.54, 1.807) is 11.0 Å². The Morgan fingerprint density at radius 1 is 1.29 bits per heavy atom. The van der Waals surface area contributed by atoms with E-state index in [1.165, 1.54) is 25.9 Å².